The Balaban J connectivity index is 1.25. The molecule has 0 N–H and O–H groups in total. The molecule has 0 saturated carbocycles. The van der Waals surface area contributed by atoms with Crippen molar-refractivity contribution in [1.29, 1.82) is 0 Å². The molecule has 0 spiro atoms. The Morgan fingerprint density at radius 3 is 1.75 bits per heavy atom. The molecule has 208 valence electrons. The molecule has 0 amide bonds. The first kappa shape index (κ1) is 24.8. The van der Waals surface area contributed by atoms with E-state index in [0.29, 0.717) is 0 Å². The van der Waals surface area contributed by atoms with Gasteiger partial charge in [-0.2, -0.15) is 0 Å². The molecular weight excluding hydrogens is 536 g/mol. The van der Waals surface area contributed by atoms with Crippen molar-refractivity contribution in [3.8, 4) is 22.5 Å². The summed E-state index contributed by atoms with van der Waals surface area (Å²) in [6.45, 7) is 0. The van der Waals surface area contributed by atoms with Gasteiger partial charge in [0.1, 0.15) is 0 Å². The van der Waals surface area contributed by atoms with E-state index in [1.807, 2.05) is 24.5 Å². The molecule has 4 heteroatoms. The van der Waals surface area contributed by atoms with E-state index in [1.54, 1.807) is 0 Å². The minimum absolute atomic E-state index is 1.00. The minimum atomic E-state index is 1.00. The number of aromatic nitrogens is 4. The summed E-state index contributed by atoms with van der Waals surface area (Å²) in [6, 6.07) is 41.2. The number of benzene rings is 4. The number of hydrogen-bond acceptors (Lipinski definition) is 2. The van der Waals surface area contributed by atoms with Crippen LogP contribution in [0.1, 0.15) is 18.4 Å². The molecule has 1 aliphatic rings. The molecule has 4 aromatic heterocycles. The Morgan fingerprint density at radius 2 is 1.11 bits per heavy atom. The molecule has 0 atom stereocenters. The van der Waals surface area contributed by atoms with Crippen molar-refractivity contribution in [2.45, 2.75) is 12.8 Å². The third-order valence-electron chi connectivity index (χ3n) is 8.82. The molecule has 0 saturated heterocycles. The van der Waals surface area contributed by atoms with Gasteiger partial charge in [-0.05, 0) is 102 Å². The predicted octanol–water partition coefficient (Wildman–Crippen LogP) is 10.1. The van der Waals surface area contributed by atoms with Gasteiger partial charge in [0.25, 0.3) is 0 Å². The van der Waals surface area contributed by atoms with Crippen molar-refractivity contribution >= 4 is 49.4 Å². The van der Waals surface area contributed by atoms with Crippen LogP contribution in [0.2, 0.25) is 0 Å². The second-order valence-corrected chi connectivity index (χ2v) is 11.4. The van der Waals surface area contributed by atoms with Crippen LogP contribution in [0, 0.1) is 0 Å². The molecule has 4 aromatic carbocycles. The van der Waals surface area contributed by atoms with Crippen molar-refractivity contribution in [3.05, 3.63) is 151 Å². The van der Waals surface area contributed by atoms with E-state index in [1.165, 1.54) is 22.3 Å². The molecule has 8 aromatic rings. The van der Waals surface area contributed by atoms with Crippen LogP contribution in [0.4, 0.5) is 0 Å². The zero-order valence-corrected chi connectivity index (χ0v) is 24.1. The lowest BCUT2D eigenvalue weighted by Crippen LogP contribution is -1.98. The first-order chi connectivity index (χ1) is 21.8. The second-order valence-electron chi connectivity index (χ2n) is 11.4. The molecule has 0 unspecified atom stereocenters. The second kappa shape index (κ2) is 9.92. The monoisotopic (exact) mass is 564 g/mol. The normalized spacial score (nSPS) is 13.3. The molecule has 0 bridgehead atoms. The fraction of sp³-hybridized carbons (Fsp3) is 0.0500. The van der Waals surface area contributed by atoms with Crippen molar-refractivity contribution in [2.75, 3.05) is 0 Å². The number of pyridine rings is 2. The average Bonchev–Trinajstić information content (AvgIpc) is 3.61. The van der Waals surface area contributed by atoms with Crippen LogP contribution >= 0.6 is 0 Å². The lowest BCUT2D eigenvalue weighted by molar-refractivity contribution is 1.04. The smallest absolute Gasteiger partial charge is 0.0963 e. The average molecular weight is 565 g/mol. The predicted molar refractivity (Wildman–Crippen MR) is 182 cm³/mol. The standard InChI is InChI=1S/C40H28N4/c1-3-10-27(11-4-1)29-18-20-35-33(24-29)39-37(16-8-22-41-39)43(35)31-14-7-15-32(26-31)44-36-21-19-30(28-12-5-2-6-13-28)25-34(36)40-38(44)17-9-23-42-40/h1,3-5,7-26H,2,6H2. The van der Waals surface area contributed by atoms with Gasteiger partial charge in [-0.1, -0.05) is 66.8 Å². The van der Waals surface area contributed by atoms with E-state index in [4.69, 9.17) is 9.97 Å². The largest absolute Gasteiger partial charge is 0.308 e. The summed E-state index contributed by atoms with van der Waals surface area (Å²) in [5.74, 6) is 0. The van der Waals surface area contributed by atoms with Gasteiger partial charge in [0.2, 0.25) is 0 Å². The van der Waals surface area contributed by atoms with E-state index >= 15 is 0 Å². The molecular formula is C40H28N4. The van der Waals surface area contributed by atoms with Crippen molar-refractivity contribution < 1.29 is 0 Å². The molecule has 4 heterocycles. The molecule has 1 aliphatic carbocycles. The maximum atomic E-state index is 4.86. The molecule has 0 fully saturated rings. The fourth-order valence-corrected chi connectivity index (χ4v) is 6.82. The Bertz CT molecular complexity index is 2440. The summed E-state index contributed by atoms with van der Waals surface area (Å²) in [5, 5.41) is 2.31. The van der Waals surface area contributed by atoms with Crippen LogP contribution in [0.15, 0.2) is 146 Å². The SMILES string of the molecule is C1=CC(c2ccc3c(c2)c2ncccc2n3-c2cccc(-n3c4ccc(-c5ccccc5)cc4c4ncccc43)c2)=CCC1. The maximum absolute atomic E-state index is 4.86. The van der Waals surface area contributed by atoms with Gasteiger partial charge in [0, 0.05) is 34.5 Å². The lowest BCUT2D eigenvalue weighted by atomic mass is 9.98. The van der Waals surface area contributed by atoms with Crippen LogP contribution in [0.25, 0.3) is 71.9 Å². The summed E-state index contributed by atoms with van der Waals surface area (Å²) in [7, 11) is 0. The Kier molecular flexibility index (Phi) is 5.60. The summed E-state index contributed by atoms with van der Waals surface area (Å²) in [5.41, 5.74) is 13.6. The van der Waals surface area contributed by atoms with E-state index in [-0.39, 0.29) is 0 Å². The van der Waals surface area contributed by atoms with E-state index in [2.05, 4.69) is 130 Å². The van der Waals surface area contributed by atoms with Crippen LogP contribution in [-0.2, 0) is 0 Å². The maximum Gasteiger partial charge on any atom is 0.0963 e. The van der Waals surface area contributed by atoms with E-state index in [0.717, 1.165) is 68.1 Å². The van der Waals surface area contributed by atoms with Crippen LogP contribution < -0.4 is 0 Å². The van der Waals surface area contributed by atoms with Gasteiger partial charge >= 0.3 is 0 Å². The molecule has 9 rings (SSSR count). The molecule has 0 aliphatic heterocycles. The van der Waals surface area contributed by atoms with Crippen LogP contribution in [0.5, 0.6) is 0 Å². The molecule has 4 nitrogen and oxygen atoms in total. The highest BCUT2D eigenvalue weighted by Gasteiger charge is 2.18. The third kappa shape index (κ3) is 3.85. The zero-order chi connectivity index (χ0) is 29.0. The summed E-state index contributed by atoms with van der Waals surface area (Å²) in [6.07, 6.45) is 12.8. The number of rotatable bonds is 4. The van der Waals surface area contributed by atoms with Gasteiger partial charge in [-0.3, -0.25) is 9.97 Å². The zero-order valence-electron chi connectivity index (χ0n) is 24.1. The van der Waals surface area contributed by atoms with Crippen molar-refractivity contribution in [3.63, 3.8) is 0 Å². The van der Waals surface area contributed by atoms with Crippen LogP contribution in [-0.4, -0.2) is 19.1 Å². The highest BCUT2D eigenvalue weighted by atomic mass is 15.0. The highest BCUT2D eigenvalue weighted by molar-refractivity contribution is 6.09. The van der Waals surface area contributed by atoms with Gasteiger partial charge < -0.3 is 9.13 Å². The highest BCUT2D eigenvalue weighted by Crippen LogP contribution is 2.37. The number of nitrogens with zero attached hydrogens (tertiary/aromatic N) is 4. The van der Waals surface area contributed by atoms with Crippen LogP contribution in [0.3, 0.4) is 0 Å². The lowest BCUT2D eigenvalue weighted by Gasteiger charge is -2.13. The van der Waals surface area contributed by atoms with Gasteiger partial charge in [-0.15, -0.1) is 0 Å². The Morgan fingerprint density at radius 1 is 0.477 bits per heavy atom. The number of hydrogen-bond donors (Lipinski definition) is 0. The Hall–Kier alpha value is -5.74. The van der Waals surface area contributed by atoms with Crippen molar-refractivity contribution in [1.82, 2.24) is 19.1 Å². The third-order valence-corrected chi connectivity index (χ3v) is 8.82. The number of fused-ring (bicyclic) bond motifs is 6. The van der Waals surface area contributed by atoms with E-state index in [9.17, 15) is 0 Å². The first-order valence-corrected chi connectivity index (χ1v) is 15.2. The van der Waals surface area contributed by atoms with Gasteiger partial charge in [0.15, 0.2) is 0 Å². The molecule has 44 heavy (non-hydrogen) atoms. The fourth-order valence-electron chi connectivity index (χ4n) is 6.82. The molecule has 0 radical (unpaired) electrons. The minimum Gasteiger partial charge on any atom is -0.308 e. The van der Waals surface area contributed by atoms with E-state index < -0.39 is 0 Å². The van der Waals surface area contributed by atoms with Gasteiger partial charge in [-0.25, -0.2) is 0 Å². The summed E-state index contributed by atoms with van der Waals surface area (Å²) < 4.78 is 4.68. The summed E-state index contributed by atoms with van der Waals surface area (Å²) in [4.78, 5) is 9.70. The quantitative estimate of drug-likeness (QED) is 0.213. The van der Waals surface area contributed by atoms with Crippen molar-refractivity contribution in [2.24, 2.45) is 0 Å². The first-order valence-electron chi connectivity index (χ1n) is 15.2. The summed E-state index contributed by atoms with van der Waals surface area (Å²) >= 11 is 0. The topological polar surface area (TPSA) is 35.6 Å². The number of allylic oxidation sites excluding steroid dienone is 4. The van der Waals surface area contributed by atoms with Gasteiger partial charge in [0.05, 0.1) is 33.1 Å². The Labute approximate surface area is 254 Å².